The Morgan fingerprint density at radius 2 is 1.67 bits per heavy atom. The largest absolute Gasteiger partial charge is 0.490 e. The number of hydrogen-bond donors (Lipinski definition) is 1. The van der Waals surface area contributed by atoms with Crippen molar-refractivity contribution < 1.29 is 19.4 Å². The fraction of sp³-hybridized carbons (Fsp3) is 0.621. The van der Waals surface area contributed by atoms with E-state index in [4.69, 9.17) is 9.47 Å². The predicted octanol–water partition coefficient (Wildman–Crippen LogP) is 6.38. The molecule has 0 aliphatic heterocycles. The van der Waals surface area contributed by atoms with Crippen LogP contribution in [0.15, 0.2) is 42.5 Å². The average Bonchev–Trinajstić information content (AvgIpc) is 2.82. The highest BCUT2D eigenvalue weighted by Gasteiger charge is 2.23. The average molecular weight is 455 g/mol. The molecule has 182 valence electrons. The molecule has 33 heavy (non-hydrogen) atoms. The minimum atomic E-state index is -0.396. The first kappa shape index (κ1) is 25.6. The summed E-state index contributed by atoms with van der Waals surface area (Å²) in [5.41, 5.74) is 2.69. The Morgan fingerprint density at radius 1 is 1.03 bits per heavy atom. The topological polar surface area (TPSA) is 55.8 Å². The molecule has 2 aliphatic carbocycles. The van der Waals surface area contributed by atoms with E-state index in [2.05, 4.69) is 43.9 Å². The number of hydrogen-bond acceptors (Lipinski definition) is 4. The molecule has 0 atom stereocenters. The zero-order chi connectivity index (χ0) is 23.6. The summed E-state index contributed by atoms with van der Waals surface area (Å²) < 4.78 is 11.1. The zero-order valence-electron chi connectivity index (χ0n) is 20.6. The molecule has 3 rings (SSSR count). The van der Waals surface area contributed by atoms with Crippen LogP contribution in [0.4, 0.5) is 0 Å². The quantitative estimate of drug-likeness (QED) is 0.193. The maximum atomic E-state index is 11.5. The lowest BCUT2D eigenvalue weighted by Crippen LogP contribution is -2.15. The van der Waals surface area contributed by atoms with E-state index < -0.39 is 5.97 Å². The second-order valence-corrected chi connectivity index (χ2v) is 10.1. The molecule has 0 bridgehead atoms. The number of rotatable bonds is 10. The van der Waals surface area contributed by atoms with E-state index in [0.29, 0.717) is 30.4 Å². The Hall–Kier alpha value is -2.07. The van der Waals surface area contributed by atoms with Crippen molar-refractivity contribution in [2.75, 3.05) is 19.8 Å². The number of esters is 1. The molecule has 0 radical (unpaired) electrons. The Labute approximate surface area is 200 Å². The van der Waals surface area contributed by atoms with Gasteiger partial charge in [-0.1, -0.05) is 50.6 Å². The van der Waals surface area contributed by atoms with E-state index in [1.807, 2.05) is 0 Å². The van der Waals surface area contributed by atoms with Crippen LogP contribution in [0.2, 0.25) is 0 Å². The van der Waals surface area contributed by atoms with Gasteiger partial charge in [-0.25, -0.2) is 4.79 Å². The van der Waals surface area contributed by atoms with Crippen molar-refractivity contribution in [2.45, 2.75) is 77.6 Å². The third kappa shape index (κ3) is 8.03. The van der Waals surface area contributed by atoms with E-state index in [0.717, 1.165) is 23.1 Å². The highest BCUT2D eigenvalue weighted by Crippen LogP contribution is 2.39. The lowest BCUT2D eigenvalue weighted by atomic mass is 9.77. The van der Waals surface area contributed by atoms with Crippen molar-refractivity contribution in [3.05, 3.63) is 53.6 Å². The summed E-state index contributed by atoms with van der Waals surface area (Å²) in [5, 5.41) is 9.41. The standard InChI is InChI=1S/C29H42O4/c1-21(2)29(31)33-19-18-32-28-20-27(15-14-26(28)16-17-30)25-12-10-24(11-13-25)9-8-23-6-4-22(3)5-7-23/h8-9,14-15,20,22-25,30H,1,4-7,10-13,16-19H2,2-3H3/b9-8+. The van der Waals surface area contributed by atoms with Gasteiger partial charge in [0, 0.05) is 12.2 Å². The van der Waals surface area contributed by atoms with Crippen LogP contribution in [0, 0.1) is 17.8 Å². The molecule has 0 heterocycles. The number of aliphatic hydroxyl groups is 1. The Morgan fingerprint density at radius 3 is 2.27 bits per heavy atom. The Balaban J connectivity index is 1.52. The van der Waals surface area contributed by atoms with Crippen molar-refractivity contribution >= 4 is 5.97 Å². The smallest absolute Gasteiger partial charge is 0.333 e. The number of benzene rings is 1. The van der Waals surface area contributed by atoms with Gasteiger partial charge in [0.15, 0.2) is 0 Å². The van der Waals surface area contributed by atoms with E-state index in [1.54, 1.807) is 6.92 Å². The summed E-state index contributed by atoms with van der Waals surface area (Å²) in [7, 11) is 0. The molecular weight excluding hydrogens is 412 g/mol. The van der Waals surface area contributed by atoms with Crippen LogP contribution in [-0.2, 0) is 16.0 Å². The maximum Gasteiger partial charge on any atom is 0.333 e. The van der Waals surface area contributed by atoms with Crippen molar-refractivity contribution in [1.82, 2.24) is 0 Å². The predicted molar refractivity (Wildman–Crippen MR) is 133 cm³/mol. The van der Waals surface area contributed by atoms with Gasteiger partial charge >= 0.3 is 5.97 Å². The van der Waals surface area contributed by atoms with Crippen LogP contribution in [0.25, 0.3) is 0 Å². The Bertz CT molecular complexity index is 796. The molecule has 2 aliphatic rings. The molecule has 0 amide bonds. The van der Waals surface area contributed by atoms with E-state index in [1.165, 1.54) is 56.9 Å². The molecule has 1 N–H and O–H groups in total. The first-order valence-electron chi connectivity index (χ1n) is 12.8. The van der Waals surface area contributed by atoms with Crippen molar-refractivity contribution in [3.63, 3.8) is 0 Å². The van der Waals surface area contributed by atoms with Gasteiger partial charge in [-0.05, 0) is 92.7 Å². The molecular formula is C29H42O4. The number of carbonyl (C=O) groups is 1. The summed E-state index contributed by atoms with van der Waals surface area (Å²) >= 11 is 0. The van der Waals surface area contributed by atoms with E-state index >= 15 is 0 Å². The number of aliphatic hydroxyl groups excluding tert-OH is 1. The van der Waals surface area contributed by atoms with Gasteiger partial charge in [-0.15, -0.1) is 0 Å². The summed E-state index contributed by atoms with van der Waals surface area (Å²) in [6.07, 6.45) is 16.0. The van der Waals surface area contributed by atoms with Crippen LogP contribution in [-0.4, -0.2) is 30.9 Å². The van der Waals surface area contributed by atoms with Gasteiger partial charge in [0.2, 0.25) is 0 Å². The SMILES string of the molecule is C=C(C)C(=O)OCCOc1cc(C2CCC(/C=C/C3CCC(C)CC3)CC2)ccc1CCO. The van der Waals surface area contributed by atoms with Crippen molar-refractivity contribution in [3.8, 4) is 5.75 Å². The third-order valence-electron chi connectivity index (χ3n) is 7.35. The first-order chi connectivity index (χ1) is 16.0. The molecule has 4 nitrogen and oxygen atoms in total. The molecule has 1 aromatic rings. The van der Waals surface area contributed by atoms with Gasteiger partial charge in [-0.3, -0.25) is 0 Å². The minimum absolute atomic E-state index is 0.0811. The monoisotopic (exact) mass is 454 g/mol. The van der Waals surface area contributed by atoms with Crippen LogP contribution >= 0.6 is 0 Å². The van der Waals surface area contributed by atoms with Gasteiger partial charge in [-0.2, -0.15) is 0 Å². The molecule has 0 aromatic heterocycles. The summed E-state index contributed by atoms with van der Waals surface area (Å²) in [6, 6.07) is 6.41. The molecule has 0 unspecified atom stereocenters. The molecule has 0 saturated heterocycles. The summed E-state index contributed by atoms with van der Waals surface area (Å²) in [4.78, 5) is 11.5. The fourth-order valence-electron chi connectivity index (χ4n) is 5.13. The fourth-order valence-corrected chi connectivity index (χ4v) is 5.13. The zero-order valence-corrected chi connectivity index (χ0v) is 20.6. The molecule has 1 aromatic carbocycles. The number of ether oxygens (including phenoxy) is 2. The second kappa shape index (κ2) is 13.0. The molecule has 0 spiro atoms. The molecule has 4 heteroatoms. The van der Waals surface area contributed by atoms with Crippen molar-refractivity contribution in [1.29, 1.82) is 0 Å². The van der Waals surface area contributed by atoms with Crippen LogP contribution in [0.5, 0.6) is 5.75 Å². The normalized spacial score (nSPS) is 25.7. The highest BCUT2D eigenvalue weighted by molar-refractivity contribution is 5.86. The summed E-state index contributed by atoms with van der Waals surface area (Å²) in [6.45, 7) is 8.16. The summed E-state index contributed by atoms with van der Waals surface area (Å²) in [5.74, 6) is 3.37. The van der Waals surface area contributed by atoms with Gasteiger partial charge < -0.3 is 14.6 Å². The second-order valence-electron chi connectivity index (χ2n) is 10.1. The van der Waals surface area contributed by atoms with Crippen LogP contribution < -0.4 is 4.74 Å². The highest BCUT2D eigenvalue weighted by atomic mass is 16.6. The number of allylic oxidation sites excluding steroid dienone is 2. The van der Waals surface area contributed by atoms with E-state index in [-0.39, 0.29) is 13.2 Å². The third-order valence-corrected chi connectivity index (χ3v) is 7.35. The molecule has 2 saturated carbocycles. The van der Waals surface area contributed by atoms with Gasteiger partial charge in [0.25, 0.3) is 0 Å². The van der Waals surface area contributed by atoms with Crippen LogP contribution in [0.3, 0.4) is 0 Å². The van der Waals surface area contributed by atoms with Gasteiger partial charge in [0.1, 0.15) is 19.0 Å². The molecule has 2 fully saturated rings. The number of carbonyl (C=O) groups excluding carboxylic acids is 1. The minimum Gasteiger partial charge on any atom is -0.490 e. The van der Waals surface area contributed by atoms with Gasteiger partial charge in [0.05, 0.1) is 0 Å². The van der Waals surface area contributed by atoms with E-state index in [9.17, 15) is 9.90 Å². The Kier molecular flexibility index (Phi) is 10.1. The lowest BCUT2D eigenvalue weighted by molar-refractivity contribution is -0.139. The van der Waals surface area contributed by atoms with Crippen molar-refractivity contribution in [2.24, 2.45) is 17.8 Å². The first-order valence-corrected chi connectivity index (χ1v) is 12.8. The lowest BCUT2D eigenvalue weighted by Gasteiger charge is -2.29. The van der Waals surface area contributed by atoms with Crippen LogP contribution in [0.1, 0.15) is 82.3 Å². The maximum absolute atomic E-state index is 11.5.